The molecule has 0 spiro atoms. The molecule has 3 aromatic carbocycles. The van der Waals surface area contributed by atoms with Gasteiger partial charge in [-0.2, -0.15) is 0 Å². The van der Waals surface area contributed by atoms with E-state index in [1.54, 1.807) is 10.8 Å². The van der Waals surface area contributed by atoms with Crippen LogP contribution in [0.15, 0.2) is 95.9 Å². The monoisotopic (exact) mass is 616 g/mol. The fourth-order valence-corrected chi connectivity index (χ4v) is 6.11. The van der Waals surface area contributed by atoms with Crippen LogP contribution in [0.1, 0.15) is 74.6 Å². The molecule has 46 heavy (non-hydrogen) atoms. The molecule has 5 rings (SSSR count). The Kier molecular flexibility index (Phi) is 10.7. The number of nitrogens with zero attached hydrogens (tertiary/aromatic N) is 2. The summed E-state index contributed by atoms with van der Waals surface area (Å²) in [7, 11) is 0. The van der Waals surface area contributed by atoms with Crippen molar-refractivity contribution in [2.24, 2.45) is 0 Å². The highest BCUT2D eigenvalue weighted by Crippen LogP contribution is 2.35. The second-order valence-electron chi connectivity index (χ2n) is 12.4. The second-order valence-corrected chi connectivity index (χ2v) is 12.4. The molecular formula is C39H44N4O3. The molecule has 7 heteroatoms. The third-order valence-electron chi connectivity index (χ3n) is 8.40. The van der Waals surface area contributed by atoms with Gasteiger partial charge < -0.3 is 15.7 Å². The number of aliphatic hydroxyl groups excluding tert-OH is 1. The summed E-state index contributed by atoms with van der Waals surface area (Å²) in [6.07, 6.45) is 4.58. The maximum Gasteiger partial charge on any atom is 0.323 e. The molecule has 0 unspecified atom stereocenters. The Balaban J connectivity index is 1.62. The zero-order valence-corrected chi connectivity index (χ0v) is 27.2. The van der Waals surface area contributed by atoms with Crippen molar-refractivity contribution >= 4 is 28.4 Å². The fraction of sp³-hybridized carbons (Fsp3) is 0.308. The Morgan fingerprint density at radius 2 is 1.43 bits per heavy atom. The number of aliphatic hydroxyl groups is 1. The summed E-state index contributed by atoms with van der Waals surface area (Å²) in [5.74, 6) is 0.389. The van der Waals surface area contributed by atoms with Crippen LogP contribution < -0.4 is 16.2 Å². The number of aromatic nitrogens is 2. The second kappa shape index (κ2) is 15.0. The minimum atomic E-state index is -0.469. The van der Waals surface area contributed by atoms with Crippen molar-refractivity contribution < 1.29 is 9.90 Å². The lowest BCUT2D eigenvalue weighted by atomic mass is 9.93. The molecule has 238 valence electrons. The maximum atomic E-state index is 14.5. The topological polar surface area (TPSA) is 96.2 Å². The van der Waals surface area contributed by atoms with E-state index in [1.807, 2.05) is 72.8 Å². The minimum absolute atomic E-state index is 0.0965. The molecule has 7 nitrogen and oxygen atoms in total. The molecule has 0 atom stereocenters. The number of amides is 2. The summed E-state index contributed by atoms with van der Waals surface area (Å²) in [6.45, 7) is 8.97. The summed E-state index contributed by atoms with van der Waals surface area (Å²) in [6, 6.07) is 27.6. The highest BCUT2D eigenvalue weighted by atomic mass is 16.3. The fourth-order valence-electron chi connectivity index (χ4n) is 6.11. The summed E-state index contributed by atoms with van der Waals surface area (Å²) in [4.78, 5) is 33.0. The molecule has 5 aromatic rings. The molecule has 2 amide bonds. The number of carbonyl (C=O) groups excluding carboxylic acids is 1. The van der Waals surface area contributed by atoms with Crippen molar-refractivity contribution in [1.29, 1.82) is 0 Å². The number of para-hydroxylation sites is 1. The third kappa shape index (κ3) is 7.37. The van der Waals surface area contributed by atoms with E-state index in [0.29, 0.717) is 30.6 Å². The van der Waals surface area contributed by atoms with Gasteiger partial charge in [-0.25, -0.2) is 9.78 Å². The standard InChI is InChI=1S/C39H44N4O3/c1-26(2)31-19-9-20-32(27(3)4)35(31)41-39(46)42-36-34(30-18-8-15-29(25-30)17-12-24-44)33-21-10-22-40-37(33)43(38(36)45)23-11-16-28-13-6-5-7-14-28/h5-10,13-15,18-22,25-27,44H,11-12,16-17,23-24H2,1-4H3,(H2,41,42,46). The van der Waals surface area contributed by atoms with Gasteiger partial charge in [-0.15, -0.1) is 0 Å². The quantitative estimate of drug-likeness (QED) is 0.131. The molecule has 2 heterocycles. The Labute approximate surface area is 271 Å². The summed E-state index contributed by atoms with van der Waals surface area (Å²) >= 11 is 0. The first kappa shape index (κ1) is 32.6. The largest absolute Gasteiger partial charge is 0.396 e. The number of nitrogens with one attached hydrogen (secondary N) is 2. The molecule has 0 aliphatic rings. The number of rotatable bonds is 12. The number of hydrogen-bond donors (Lipinski definition) is 3. The van der Waals surface area contributed by atoms with Gasteiger partial charge in [-0.3, -0.25) is 9.36 Å². The lowest BCUT2D eigenvalue weighted by Gasteiger charge is -2.22. The Morgan fingerprint density at radius 3 is 2.13 bits per heavy atom. The summed E-state index contributed by atoms with van der Waals surface area (Å²) in [5.41, 5.74) is 7.04. The Hall–Kier alpha value is -4.75. The van der Waals surface area contributed by atoms with E-state index in [-0.39, 0.29) is 29.7 Å². The van der Waals surface area contributed by atoms with E-state index in [4.69, 9.17) is 0 Å². The predicted octanol–water partition coefficient (Wildman–Crippen LogP) is 8.51. The van der Waals surface area contributed by atoms with E-state index < -0.39 is 6.03 Å². The Morgan fingerprint density at radius 1 is 0.783 bits per heavy atom. The number of carbonyl (C=O) groups is 1. The number of aryl methyl sites for hydroxylation is 3. The molecule has 0 fully saturated rings. The molecule has 0 saturated heterocycles. The average molecular weight is 617 g/mol. The van der Waals surface area contributed by atoms with Gasteiger partial charge in [0.05, 0.1) is 0 Å². The van der Waals surface area contributed by atoms with Gasteiger partial charge in [0.2, 0.25) is 0 Å². The van der Waals surface area contributed by atoms with Crippen LogP contribution in [0.2, 0.25) is 0 Å². The van der Waals surface area contributed by atoms with Crippen molar-refractivity contribution in [3.8, 4) is 11.1 Å². The van der Waals surface area contributed by atoms with Crippen molar-refractivity contribution in [3.63, 3.8) is 0 Å². The SMILES string of the molecule is CC(C)c1cccc(C(C)C)c1NC(=O)Nc1c(-c2cccc(CCCO)c2)c2cccnc2n(CCCc2ccccc2)c1=O. The normalized spacial score (nSPS) is 11.4. The lowest BCUT2D eigenvalue weighted by Crippen LogP contribution is -2.30. The van der Waals surface area contributed by atoms with Crippen LogP contribution in [0.5, 0.6) is 0 Å². The van der Waals surface area contributed by atoms with Crippen LogP contribution in [-0.2, 0) is 19.4 Å². The van der Waals surface area contributed by atoms with E-state index in [9.17, 15) is 14.7 Å². The van der Waals surface area contributed by atoms with Crippen LogP contribution in [0.25, 0.3) is 22.2 Å². The zero-order chi connectivity index (χ0) is 32.6. The third-order valence-corrected chi connectivity index (χ3v) is 8.40. The van der Waals surface area contributed by atoms with Gasteiger partial charge in [0.1, 0.15) is 11.3 Å². The first-order valence-electron chi connectivity index (χ1n) is 16.2. The van der Waals surface area contributed by atoms with Gasteiger partial charge in [-0.05, 0) is 77.5 Å². The van der Waals surface area contributed by atoms with Crippen LogP contribution in [-0.4, -0.2) is 27.3 Å². The van der Waals surface area contributed by atoms with E-state index in [0.717, 1.165) is 46.2 Å². The number of pyridine rings is 2. The predicted molar refractivity (Wildman–Crippen MR) is 189 cm³/mol. The van der Waals surface area contributed by atoms with Crippen molar-refractivity contribution in [2.45, 2.75) is 71.8 Å². The minimum Gasteiger partial charge on any atom is -0.396 e. The van der Waals surface area contributed by atoms with Gasteiger partial charge in [-0.1, -0.05) is 100 Å². The molecule has 0 bridgehead atoms. The smallest absolute Gasteiger partial charge is 0.323 e. The number of hydrogen-bond acceptors (Lipinski definition) is 4. The molecular weight excluding hydrogens is 572 g/mol. The molecule has 0 radical (unpaired) electrons. The molecule has 3 N–H and O–H groups in total. The van der Waals surface area contributed by atoms with Gasteiger partial charge in [0, 0.05) is 36.0 Å². The zero-order valence-electron chi connectivity index (χ0n) is 27.2. The first-order chi connectivity index (χ1) is 22.3. The van der Waals surface area contributed by atoms with Crippen LogP contribution in [0.4, 0.5) is 16.2 Å². The summed E-state index contributed by atoms with van der Waals surface area (Å²) < 4.78 is 1.69. The van der Waals surface area contributed by atoms with Gasteiger partial charge in [0.15, 0.2) is 0 Å². The van der Waals surface area contributed by atoms with E-state index >= 15 is 0 Å². The maximum absolute atomic E-state index is 14.5. The van der Waals surface area contributed by atoms with Crippen LogP contribution in [0.3, 0.4) is 0 Å². The molecule has 0 aliphatic carbocycles. The summed E-state index contributed by atoms with van der Waals surface area (Å²) in [5, 5.41) is 16.3. The number of urea groups is 1. The van der Waals surface area contributed by atoms with Crippen molar-refractivity contribution in [1.82, 2.24) is 9.55 Å². The number of fused-ring (bicyclic) bond motifs is 1. The highest BCUT2D eigenvalue weighted by Gasteiger charge is 2.23. The van der Waals surface area contributed by atoms with Gasteiger partial charge >= 0.3 is 6.03 Å². The van der Waals surface area contributed by atoms with Gasteiger partial charge in [0.25, 0.3) is 5.56 Å². The molecule has 0 saturated carbocycles. The molecule has 0 aliphatic heterocycles. The number of benzene rings is 3. The first-order valence-corrected chi connectivity index (χ1v) is 16.2. The van der Waals surface area contributed by atoms with Crippen molar-refractivity contribution in [2.75, 3.05) is 17.2 Å². The van der Waals surface area contributed by atoms with E-state index in [2.05, 4.69) is 55.4 Å². The van der Waals surface area contributed by atoms with Crippen molar-refractivity contribution in [3.05, 3.63) is 124 Å². The lowest BCUT2D eigenvalue weighted by molar-refractivity contribution is 0.262. The number of anilines is 2. The Bertz CT molecular complexity index is 1840. The highest BCUT2D eigenvalue weighted by molar-refractivity contribution is 6.07. The average Bonchev–Trinajstić information content (AvgIpc) is 3.06. The van der Waals surface area contributed by atoms with E-state index in [1.165, 1.54) is 5.56 Å². The van der Waals surface area contributed by atoms with Crippen LogP contribution >= 0.6 is 0 Å². The molecule has 2 aromatic heterocycles. The van der Waals surface area contributed by atoms with Crippen LogP contribution in [0, 0.1) is 0 Å².